The maximum atomic E-state index is 10.7. The molecule has 2 N–H and O–H groups in total. The summed E-state index contributed by atoms with van der Waals surface area (Å²) in [6, 6.07) is -0.596. The Morgan fingerprint density at radius 2 is 2.00 bits per heavy atom. The van der Waals surface area contributed by atoms with Gasteiger partial charge in [0.2, 0.25) is 0 Å². The summed E-state index contributed by atoms with van der Waals surface area (Å²) in [4.78, 5) is 10.7. The highest BCUT2D eigenvalue weighted by atomic mass is 16.5. The maximum absolute atomic E-state index is 10.7. The number of ether oxygens (including phenoxy) is 1. The molecule has 0 aromatic rings. The van der Waals surface area contributed by atoms with Crippen LogP contribution in [-0.4, -0.2) is 36.4 Å². The summed E-state index contributed by atoms with van der Waals surface area (Å²) in [7, 11) is 0. The zero-order valence-corrected chi connectivity index (χ0v) is 9.41. The molecule has 0 heterocycles. The van der Waals surface area contributed by atoms with Gasteiger partial charge in [-0.05, 0) is 19.4 Å². The molecule has 0 aliphatic carbocycles. The summed E-state index contributed by atoms with van der Waals surface area (Å²) in [5, 5.41) is 11.7. The molecule has 14 heavy (non-hydrogen) atoms. The van der Waals surface area contributed by atoms with Crippen LogP contribution in [0.5, 0.6) is 0 Å². The Balaban J connectivity index is 3.87. The van der Waals surface area contributed by atoms with Gasteiger partial charge >= 0.3 is 5.97 Å². The first-order valence-corrected chi connectivity index (χ1v) is 5.06. The fraction of sp³-hybridized carbons (Fsp3) is 0.900. The summed E-state index contributed by atoms with van der Waals surface area (Å²) in [5.74, 6) is -0.450. The molecule has 0 aliphatic heterocycles. The van der Waals surface area contributed by atoms with Gasteiger partial charge in [-0.1, -0.05) is 20.8 Å². The highest BCUT2D eigenvalue weighted by Gasteiger charge is 2.18. The largest absolute Gasteiger partial charge is 0.480 e. The Kier molecular flexibility index (Phi) is 6.49. The molecule has 0 saturated heterocycles. The Morgan fingerprint density at radius 1 is 1.43 bits per heavy atom. The number of carboxylic acids is 1. The van der Waals surface area contributed by atoms with E-state index in [9.17, 15) is 4.79 Å². The molecule has 0 aromatic carbocycles. The van der Waals surface area contributed by atoms with Gasteiger partial charge in [-0.15, -0.1) is 0 Å². The quantitative estimate of drug-likeness (QED) is 0.650. The standard InChI is InChI=1S/C10H21NO3/c1-5-11-9(10(12)13)6-14-8(4)7(2)3/h7-9,11H,5-6H2,1-4H3,(H,12,13). The molecule has 0 radical (unpaired) electrons. The second-order valence-electron chi connectivity index (χ2n) is 3.73. The van der Waals surface area contributed by atoms with Crippen LogP contribution in [-0.2, 0) is 9.53 Å². The summed E-state index contributed by atoms with van der Waals surface area (Å²) < 4.78 is 5.44. The van der Waals surface area contributed by atoms with Gasteiger partial charge in [-0.2, -0.15) is 0 Å². The number of rotatable bonds is 7. The van der Waals surface area contributed by atoms with Crippen LogP contribution < -0.4 is 5.32 Å². The van der Waals surface area contributed by atoms with Crippen molar-refractivity contribution in [1.29, 1.82) is 0 Å². The molecule has 84 valence electrons. The van der Waals surface area contributed by atoms with Crippen molar-refractivity contribution >= 4 is 5.97 Å². The van der Waals surface area contributed by atoms with Crippen molar-refractivity contribution in [3.63, 3.8) is 0 Å². The van der Waals surface area contributed by atoms with Crippen LogP contribution in [0.1, 0.15) is 27.7 Å². The number of aliphatic carboxylic acids is 1. The van der Waals surface area contributed by atoms with Gasteiger partial charge in [0.05, 0.1) is 12.7 Å². The third kappa shape index (κ3) is 5.19. The number of carbonyl (C=O) groups is 1. The van der Waals surface area contributed by atoms with Gasteiger partial charge in [0.25, 0.3) is 0 Å². The van der Waals surface area contributed by atoms with E-state index in [2.05, 4.69) is 5.32 Å². The molecule has 4 nitrogen and oxygen atoms in total. The lowest BCUT2D eigenvalue weighted by Crippen LogP contribution is -2.41. The molecule has 0 saturated carbocycles. The fourth-order valence-corrected chi connectivity index (χ4v) is 0.904. The van der Waals surface area contributed by atoms with Gasteiger partial charge in [0, 0.05) is 0 Å². The SMILES string of the molecule is CCNC(COC(C)C(C)C)C(=O)O. The van der Waals surface area contributed by atoms with E-state index in [0.717, 1.165) is 0 Å². The predicted molar refractivity (Wildman–Crippen MR) is 55.4 cm³/mol. The molecule has 0 fully saturated rings. The van der Waals surface area contributed by atoms with Crippen molar-refractivity contribution in [1.82, 2.24) is 5.32 Å². The van der Waals surface area contributed by atoms with E-state index in [4.69, 9.17) is 9.84 Å². The maximum Gasteiger partial charge on any atom is 0.323 e. The average molecular weight is 203 g/mol. The van der Waals surface area contributed by atoms with E-state index in [1.54, 1.807) is 0 Å². The molecule has 0 aliphatic rings. The zero-order chi connectivity index (χ0) is 11.1. The van der Waals surface area contributed by atoms with Crippen LogP contribution in [0.2, 0.25) is 0 Å². The van der Waals surface area contributed by atoms with Crippen LogP contribution in [0.3, 0.4) is 0 Å². The molecule has 0 amide bonds. The molecular weight excluding hydrogens is 182 g/mol. The van der Waals surface area contributed by atoms with E-state index in [0.29, 0.717) is 12.5 Å². The van der Waals surface area contributed by atoms with E-state index < -0.39 is 12.0 Å². The number of hydrogen-bond acceptors (Lipinski definition) is 3. The van der Waals surface area contributed by atoms with Crippen molar-refractivity contribution in [2.75, 3.05) is 13.2 Å². The number of nitrogens with one attached hydrogen (secondary N) is 1. The third-order valence-corrected chi connectivity index (χ3v) is 2.21. The number of carboxylic acid groups (broad SMARTS) is 1. The van der Waals surface area contributed by atoms with Gasteiger partial charge in [0.15, 0.2) is 0 Å². The first-order valence-electron chi connectivity index (χ1n) is 5.06. The Morgan fingerprint density at radius 3 is 2.36 bits per heavy atom. The summed E-state index contributed by atoms with van der Waals surface area (Å²) in [5.41, 5.74) is 0. The first kappa shape index (κ1) is 13.4. The smallest absolute Gasteiger partial charge is 0.323 e. The van der Waals surface area contributed by atoms with Crippen LogP contribution in [0.15, 0.2) is 0 Å². The van der Waals surface area contributed by atoms with Gasteiger partial charge < -0.3 is 15.2 Å². The minimum Gasteiger partial charge on any atom is -0.480 e. The Labute approximate surface area is 85.6 Å². The molecule has 2 atom stereocenters. The first-order chi connectivity index (χ1) is 6.49. The second kappa shape index (κ2) is 6.79. The number of hydrogen-bond donors (Lipinski definition) is 2. The molecule has 4 heteroatoms. The van der Waals surface area contributed by atoms with Crippen molar-refractivity contribution in [2.24, 2.45) is 5.92 Å². The lowest BCUT2D eigenvalue weighted by atomic mass is 10.1. The van der Waals surface area contributed by atoms with Crippen LogP contribution in [0.25, 0.3) is 0 Å². The molecule has 0 aromatic heterocycles. The third-order valence-electron chi connectivity index (χ3n) is 2.21. The molecule has 0 rings (SSSR count). The summed E-state index contributed by atoms with van der Waals surface area (Å²) in [6.45, 7) is 8.79. The van der Waals surface area contributed by atoms with Crippen LogP contribution in [0.4, 0.5) is 0 Å². The molecule has 2 unspecified atom stereocenters. The van der Waals surface area contributed by atoms with Crippen LogP contribution >= 0.6 is 0 Å². The second-order valence-corrected chi connectivity index (χ2v) is 3.73. The van der Waals surface area contributed by atoms with Crippen LogP contribution in [0, 0.1) is 5.92 Å². The fourth-order valence-electron chi connectivity index (χ4n) is 0.904. The highest BCUT2D eigenvalue weighted by Crippen LogP contribution is 2.05. The highest BCUT2D eigenvalue weighted by molar-refractivity contribution is 5.73. The van der Waals surface area contributed by atoms with E-state index in [-0.39, 0.29) is 12.7 Å². The monoisotopic (exact) mass is 203 g/mol. The topological polar surface area (TPSA) is 58.6 Å². The average Bonchev–Trinajstić information content (AvgIpc) is 2.10. The Bertz CT molecular complexity index is 171. The van der Waals surface area contributed by atoms with Crippen molar-refractivity contribution in [3.05, 3.63) is 0 Å². The Hall–Kier alpha value is -0.610. The van der Waals surface area contributed by atoms with Crippen molar-refractivity contribution < 1.29 is 14.6 Å². The molecule has 0 spiro atoms. The summed E-state index contributed by atoms with van der Waals surface area (Å²) in [6.07, 6.45) is 0.0931. The van der Waals surface area contributed by atoms with E-state index in [1.807, 2.05) is 27.7 Å². The number of likely N-dealkylation sites (N-methyl/N-ethyl adjacent to an activating group) is 1. The predicted octanol–water partition coefficient (Wildman–Crippen LogP) is 1.11. The molecule has 0 bridgehead atoms. The lowest BCUT2D eigenvalue weighted by Gasteiger charge is -2.20. The summed E-state index contributed by atoms with van der Waals surface area (Å²) >= 11 is 0. The van der Waals surface area contributed by atoms with Crippen molar-refractivity contribution in [2.45, 2.75) is 39.8 Å². The van der Waals surface area contributed by atoms with E-state index >= 15 is 0 Å². The van der Waals surface area contributed by atoms with Gasteiger partial charge in [0.1, 0.15) is 6.04 Å². The van der Waals surface area contributed by atoms with Gasteiger partial charge in [-0.3, -0.25) is 4.79 Å². The zero-order valence-electron chi connectivity index (χ0n) is 9.41. The lowest BCUT2D eigenvalue weighted by molar-refractivity contribution is -0.142. The minimum absolute atomic E-state index is 0.0931. The molecular formula is C10H21NO3. The van der Waals surface area contributed by atoms with Crippen molar-refractivity contribution in [3.8, 4) is 0 Å². The normalized spacial score (nSPS) is 15.5. The van der Waals surface area contributed by atoms with Gasteiger partial charge in [-0.25, -0.2) is 0 Å². The van der Waals surface area contributed by atoms with E-state index in [1.165, 1.54) is 0 Å². The minimum atomic E-state index is -0.859.